The number of nitrogens with zero attached hydrogens (tertiary/aromatic N) is 1. The fraction of sp³-hybridized carbons (Fsp3) is 0.800. The average Bonchev–Trinajstić information content (AvgIpc) is 2.26. The van der Waals surface area contributed by atoms with Crippen molar-refractivity contribution in [2.75, 3.05) is 25.9 Å². The molecule has 0 atom stereocenters. The van der Waals surface area contributed by atoms with Gasteiger partial charge in [0.15, 0.2) is 0 Å². The third kappa shape index (κ3) is 4.41. The third-order valence-electron chi connectivity index (χ3n) is 2.84. The summed E-state index contributed by atoms with van der Waals surface area (Å²) in [6, 6.07) is 0.168. The Balaban J connectivity index is 0.00000225. The van der Waals surface area contributed by atoms with Crippen molar-refractivity contribution >= 4 is 22.4 Å². The Labute approximate surface area is 105 Å². The highest BCUT2D eigenvalue weighted by atomic mass is 35.5. The Morgan fingerprint density at radius 1 is 1.44 bits per heavy atom. The van der Waals surface area contributed by atoms with Crippen LogP contribution in [-0.2, 0) is 10.0 Å². The van der Waals surface area contributed by atoms with Gasteiger partial charge in [-0.2, -0.15) is 0 Å². The lowest BCUT2D eigenvalue weighted by Crippen LogP contribution is -2.44. The number of hydrogen-bond donors (Lipinski definition) is 1. The van der Waals surface area contributed by atoms with Gasteiger partial charge < -0.3 is 5.32 Å². The average molecular weight is 269 g/mol. The van der Waals surface area contributed by atoms with Crippen LogP contribution in [0.1, 0.15) is 19.3 Å². The van der Waals surface area contributed by atoms with Gasteiger partial charge in [0.05, 0.1) is 5.75 Å². The van der Waals surface area contributed by atoms with Crippen molar-refractivity contribution in [1.82, 2.24) is 9.62 Å². The summed E-state index contributed by atoms with van der Waals surface area (Å²) >= 11 is 0. The Bertz CT molecular complexity index is 300. The van der Waals surface area contributed by atoms with E-state index in [9.17, 15) is 8.42 Å². The smallest absolute Gasteiger partial charge is 0.214 e. The first-order valence-electron chi connectivity index (χ1n) is 5.35. The molecule has 1 aliphatic heterocycles. The molecule has 96 valence electrons. The maximum atomic E-state index is 11.8. The summed E-state index contributed by atoms with van der Waals surface area (Å²) in [4.78, 5) is 0. The number of nitrogens with one attached hydrogen (secondary N) is 1. The molecular formula is C10H21ClN2O2S. The van der Waals surface area contributed by atoms with Crippen molar-refractivity contribution in [3.63, 3.8) is 0 Å². The molecule has 0 radical (unpaired) electrons. The monoisotopic (exact) mass is 268 g/mol. The Kier molecular flexibility index (Phi) is 7.22. The van der Waals surface area contributed by atoms with Crippen LogP contribution in [-0.4, -0.2) is 44.7 Å². The van der Waals surface area contributed by atoms with Crippen LogP contribution in [0, 0.1) is 0 Å². The molecule has 0 aromatic heterocycles. The van der Waals surface area contributed by atoms with Crippen molar-refractivity contribution in [1.29, 1.82) is 0 Å². The fourth-order valence-electron chi connectivity index (χ4n) is 1.77. The number of rotatable bonds is 5. The first kappa shape index (κ1) is 15.9. The Morgan fingerprint density at radius 2 is 2.00 bits per heavy atom. The number of sulfonamides is 1. The van der Waals surface area contributed by atoms with E-state index >= 15 is 0 Å². The maximum Gasteiger partial charge on any atom is 0.214 e. The summed E-state index contributed by atoms with van der Waals surface area (Å²) in [6.07, 6.45) is 3.99. The van der Waals surface area contributed by atoms with Gasteiger partial charge in [-0.05, 0) is 32.4 Å². The predicted molar refractivity (Wildman–Crippen MR) is 69.5 cm³/mol. The van der Waals surface area contributed by atoms with Crippen molar-refractivity contribution in [3.8, 4) is 0 Å². The van der Waals surface area contributed by atoms with E-state index in [2.05, 4.69) is 11.9 Å². The molecule has 0 aliphatic carbocycles. The largest absolute Gasteiger partial charge is 0.317 e. The molecule has 4 nitrogen and oxygen atoms in total. The molecule has 1 heterocycles. The summed E-state index contributed by atoms with van der Waals surface area (Å²) in [5.74, 6) is 0.178. The minimum absolute atomic E-state index is 0. The van der Waals surface area contributed by atoms with Crippen molar-refractivity contribution < 1.29 is 8.42 Å². The van der Waals surface area contributed by atoms with Crippen LogP contribution in [0.4, 0.5) is 0 Å². The summed E-state index contributed by atoms with van der Waals surface area (Å²) in [7, 11) is -1.40. The molecule has 0 spiro atoms. The second kappa shape index (κ2) is 7.27. The van der Waals surface area contributed by atoms with Gasteiger partial charge in [-0.25, -0.2) is 12.7 Å². The zero-order valence-corrected chi connectivity index (χ0v) is 11.3. The molecular weight excluding hydrogens is 248 g/mol. The number of piperidine rings is 1. The van der Waals surface area contributed by atoms with Gasteiger partial charge in [0, 0.05) is 13.1 Å². The molecule has 0 unspecified atom stereocenters. The van der Waals surface area contributed by atoms with Crippen LogP contribution in [0.5, 0.6) is 0 Å². The van der Waals surface area contributed by atoms with Gasteiger partial charge in [0.1, 0.15) is 0 Å². The Hall–Kier alpha value is -0.100. The van der Waals surface area contributed by atoms with Gasteiger partial charge in [-0.1, -0.05) is 6.08 Å². The fourth-order valence-corrected chi connectivity index (χ4v) is 3.19. The van der Waals surface area contributed by atoms with Crippen LogP contribution in [0.25, 0.3) is 0 Å². The molecule has 0 amide bonds. The molecule has 1 rings (SSSR count). The lowest BCUT2D eigenvalue weighted by atomic mass is 10.1. The van der Waals surface area contributed by atoms with E-state index in [4.69, 9.17) is 0 Å². The van der Waals surface area contributed by atoms with E-state index in [0.29, 0.717) is 6.42 Å². The highest BCUT2D eigenvalue weighted by Crippen LogP contribution is 2.14. The quantitative estimate of drug-likeness (QED) is 0.757. The first-order chi connectivity index (χ1) is 7.08. The van der Waals surface area contributed by atoms with E-state index in [1.165, 1.54) is 4.31 Å². The predicted octanol–water partition coefficient (Wildman–Crippen LogP) is 0.998. The van der Waals surface area contributed by atoms with Crippen LogP contribution >= 0.6 is 12.4 Å². The van der Waals surface area contributed by atoms with Crippen LogP contribution in [0.3, 0.4) is 0 Å². The normalized spacial score (nSPS) is 18.1. The lowest BCUT2D eigenvalue weighted by molar-refractivity contribution is 0.296. The molecule has 16 heavy (non-hydrogen) atoms. The van der Waals surface area contributed by atoms with Crippen LogP contribution in [0.15, 0.2) is 12.7 Å². The van der Waals surface area contributed by atoms with Crippen molar-refractivity contribution in [2.24, 2.45) is 0 Å². The Morgan fingerprint density at radius 3 is 2.50 bits per heavy atom. The highest BCUT2D eigenvalue weighted by molar-refractivity contribution is 7.89. The SMILES string of the molecule is C=CCCS(=O)(=O)N(C)C1CCNCC1.Cl. The van der Waals surface area contributed by atoms with E-state index < -0.39 is 10.0 Å². The van der Waals surface area contributed by atoms with E-state index in [0.717, 1.165) is 25.9 Å². The van der Waals surface area contributed by atoms with Gasteiger partial charge in [0.25, 0.3) is 0 Å². The number of halogens is 1. The molecule has 1 aliphatic rings. The van der Waals surface area contributed by atoms with Gasteiger partial charge >= 0.3 is 0 Å². The zero-order chi connectivity index (χ0) is 11.3. The van der Waals surface area contributed by atoms with Gasteiger partial charge in [-0.15, -0.1) is 19.0 Å². The van der Waals surface area contributed by atoms with E-state index in [1.807, 2.05) is 0 Å². The van der Waals surface area contributed by atoms with Gasteiger partial charge in [-0.3, -0.25) is 0 Å². The molecule has 0 aromatic rings. The van der Waals surface area contributed by atoms with E-state index in [1.54, 1.807) is 13.1 Å². The van der Waals surface area contributed by atoms with Crippen molar-refractivity contribution in [3.05, 3.63) is 12.7 Å². The molecule has 1 N–H and O–H groups in total. The molecule has 1 saturated heterocycles. The topological polar surface area (TPSA) is 49.4 Å². The zero-order valence-electron chi connectivity index (χ0n) is 9.68. The van der Waals surface area contributed by atoms with Crippen LogP contribution in [0.2, 0.25) is 0 Å². The lowest BCUT2D eigenvalue weighted by Gasteiger charge is -2.30. The molecule has 6 heteroatoms. The van der Waals surface area contributed by atoms with Crippen LogP contribution < -0.4 is 5.32 Å². The number of hydrogen-bond acceptors (Lipinski definition) is 3. The second-order valence-electron chi connectivity index (χ2n) is 3.89. The molecule has 0 saturated carbocycles. The number of allylic oxidation sites excluding steroid dienone is 1. The summed E-state index contributed by atoms with van der Waals surface area (Å²) in [5, 5.41) is 3.23. The minimum atomic E-state index is -3.09. The summed E-state index contributed by atoms with van der Waals surface area (Å²) in [6.45, 7) is 5.36. The highest BCUT2D eigenvalue weighted by Gasteiger charge is 2.26. The standard InChI is InChI=1S/C10H20N2O2S.ClH/c1-3-4-9-15(13,14)12(2)10-5-7-11-8-6-10;/h3,10-11H,1,4-9H2,2H3;1H. The van der Waals surface area contributed by atoms with E-state index in [-0.39, 0.29) is 24.2 Å². The maximum absolute atomic E-state index is 11.8. The summed E-state index contributed by atoms with van der Waals surface area (Å²) < 4.78 is 25.2. The summed E-state index contributed by atoms with van der Waals surface area (Å²) in [5.41, 5.74) is 0. The molecule has 1 fully saturated rings. The molecule has 0 aromatic carbocycles. The van der Waals surface area contributed by atoms with Gasteiger partial charge in [0.2, 0.25) is 10.0 Å². The molecule has 0 bridgehead atoms. The minimum Gasteiger partial charge on any atom is -0.317 e. The second-order valence-corrected chi connectivity index (χ2v) is 6.04. The third-order valence-corrected chi connectivity index (χ3v) is 4.77. The first-order valence-corrected chi connectivity index (χ1v) is 6.96. The van der Waals surface area contributed by atoms with Crippen molar-refractivity contribution in [2.45, 2.75) is 25.3 Å².